The fourth-order valence-corrected chi connectivity index (χ4v) is 1.55. The number of hydroxylamine groups is 1. The third-order valence-corrected chi connectivity index (χ3v) is 1.98. The maximum Gasteiger partial charge on any atom is 0.329 e. The van der Waals surface area contributed by atoms with Gasteiger partial charge >= 0.3 is 5.97 Å². The van der Waals surface area contributed by atoms with Crippen LogP contribution in [0.4, 0.5) is 0 Å². The molecule has 0 saturated carbocycles. The predicted molar refractivity (Wildman–Crippen MR) is 51.0 cm³/mol. The van der Waals surface area contributed by atoms with Crippen LogP contribution in [-0.4, -0.2) is 11.8 Å². The molecule has 0 aliphatic heterocycles. The number of ketones is 1. The lowest BCUT2D eigenvalue weighted by atomic mass is 9.79. The lowest BCUT2D eigenvalue weighted by Crippen LogP contribution is -2.28. The highest BCUT2D eigenvalue weighted by atomic mass is 16.7. The van der Waals surface area contributed by atoms with Gasteiger partial charge in [0, 0.05) is 19.4 Å². The highest BCUT2D eigenvalue weighted by molar-refractivity contribution is 5.91. The Morgan fingerprint density at radius 1 is 1.50 bits per heavy atom. The average Bonchev–Trinajstić information content (AvgIpc) is 1.96. The van der Waals surface area contributed by atoms with Crippen LogP contribution in [0.3, 0.4) is 0 Å². The summed E-state index contributed by atoms with van der Waals surface area (Å²) in [5.41, 5.74) is 3.10. The van der Waals surface area contributed by atoms with E-state index in [9.17, 15) is 9.59 Å². The number of allylic oxidation sites excluding steroid dienone is 2. The van der Waals surface area contributed by atoms with Gasteiger partial charge in [0.15, 0.2) is 5.78 Å². The molecule has 0 aromatic heterocycles. The number of hydrogen-bond donors (Lipinski definition) is 1. The summed E-state index contributed by atoms with van der Waals surface area (Å²) in [7, 11) is 0. The van der Waals surface area contributed by atoms with Gasteiger partial charge in [-0.1, -0.05) is 13.8 Å². The first-order chi connectivity index (χ1) is 6.39. The fraction of sp³-hybridized carbons (Fsp3) is 0.600. The van der Waals surface area contributed by atoms with E-state index in [4.69, 9.17) is 0 Å². The third kappa shape index (κ3) is 3.20. The Kier molecular flexibility index (Phi) is 2.93. The molecule has 0 saturated heterocycles. The molecule has 0 spiro atoms. The molecule has 14 heavy (non-hydrogen) atoms. The van der Waals surface area contributed by atoms with Crippen LogP contribution in [0.15, 0.2) is 11.8 Å². The van der Waals surface area contributed by atoms with Crippen molar-refractivity contribution in [3.05, 3.63) is 11.8 Å². The maximum atomic E-state index is 11.3. The summed E-state index contributed by atoms with van der Waals surface area (Å²) in [6.07, 6.45) is 2.75. The predicted octanol–water partition coefficient (Wildman–Crippen LogP) is 1.33. The van der Waals surface area contributed by atoms with Crippen molar-refractivity contribution in [2.75, 3.05) is 0 Å². The lowest BCUT2D eigenvalue weighted by Gasteiger charge is -2.28. The molecule has 0 unspecified atom stereocenters. The van der Waals surface area contributed by atoms with Crippen molar-refractivity contribution in [2.24, 2.45) is 5.41 Å². The molecule has 1 N–H and O–H groups in total. The normalized spacial score (nSPS) is 19.9. The second-order valence-corrected chi connectivity index (χ2v) is 4.35. The molecule has 1 rings (SSSR count). The highest BCUT2D eigenvalue weighted by Crippen LogP contribution is 2.32. The second-order valence-electron chi connectivity index (χ2n) is 4.35. The van der Waals surface area contributed by atoms with Crippen molar-refractivity contribution in [1.29, 1.82) is 0 Å². The molecule has 4 nitrogen and oxygen atoms in total. The molecule has 1 aliphatic carbocycles. The van der Waals surface area contributed by atoms with E-state index in [0.717, 1.165) is 0 Å². The number of rotatable bonds is 2. The van der Waals surface area contributed by atoms with Gasteiger partial charge in [-0.3, -0.25) is 9.59 Å². The number of carbonyl (C=O) groups is 2. The second kappa shape index (κ2) is 3.82. The Balaban J connectivity index is 2.60. The Labute approximate surface area is 83.3 Å². The van der Waals surface area contributed by atoms with Crippen LogP contribution in [0.1, 0.15) is 33.6 Å². The minimum atomic E-state index is -0.415. The standard InChI is InChI=1S/C10H15NO3/c1-7(12)14-11-8-4-9(13)6-10(2,3)5-8/h4,11H,5-6H2,1-3H3. The molecule has 0 heterocycles. The van der Waals surface area contributed by atoms with Crippen LogP contribution in [-0.2, 0) is 14.4 Å². The largest absolute Gasteiger partial charge is 0.344 e. The maximum absolute atomic E-state index is 11.3. The highest BCUT2D eigenvalue weighted by Gasteiger charge is 2.27. The number of hydrogen-bond acceptors (Lipinski definition) is 4. The zero-order valence-corrected chi connectivity index (χ0v) is 8.72. The minimum absolute atomic E-state index is 0.0612. The van der Waals surface area contributed by atoms with Gasteiger partial charge in [-0.2, -0.15) is 0 Å². The molecule has 78 valence electrons. The molecule has 0 radical (unpaired) electrons. The van der Waals surface area contributed by atoms with E-state index in [-0.39, 0.29) is 11.2 Å². The lowest BCUT2D eigenvalue weighted by molar-refractivity contribution is -0.147. The minimum Gasteiger partial charge on any atom is -0.344 e. The van der Waals surface area contributed by atoms with Crippen LogP contribution < -0.4 is 5.48 Å². The summed E-state index contributed by atoms with van der Waals surface area (Å²) < 4.78 is 0. The summed E-state index contributed by atoms with van der Waals surface area (Å²) in [5, 5.41) is 0. The molecular formula is C10H15NO3. The van der Waals surface area contributed by atoms with Gasteiger partial charge in [-0.15, -0.1) is 0 Å². The smallest absolute Gasteiger partial charge is 0.329 e. The molecule has 0 amide bonds. The Hall–Kier alpha value is -1.32. The van der Waals surface area contributed by atoms with Gasteiger partial charge in [0.2, 0.25) is 0 Å². The van der Waals surface area contributed by atoms with E-state index in [1.807, 2.05) is 13.8 Å². The monoisotopic (exact) mass is 197 g/mol. The number of carbonyl (C=O) groups excluding carboxylic acids is 2. The van der Waals surface area contributed by atoms with Crippen molar-refractivity contribution >= 4 is 11.8 Å². The average molecular weight is 197 g/mol. The first kappa shape index (κ1) is 10.8. The van der Waals surface area contributed by atoms with Crippen molar-refractivity contribution in [1.82, 2.24) is 5.48 Å². The molecule has 1 aliphatic rings. The van der Waals surface area contributed by atoms with Gasteiger partial charge < -0.3 is 4.84 Å². The summed E-state index contributed by atoms with van der Waals surface area (Å²) in [5.74, 6) is -0.349. The quantitative estimate of drug-likeness (QED) is 0.678. The summed E-state index contributed by atoms with van der Waals surface area (Å²) in [4.78, 5) is 26.4. The first-order valence-corrected chi connectivity index (χ1v) is 4.56. The van der Waals surface area contributed by atoms with E-state index in [1.165, 1.54) is 13.0 Å². The zero-order chi connectivity index (χ0) is 10.8. The van der Waals surface area contributed by atoms with Crippen molar-refractivity contribution < 1.29 is 14.4 Å². The fourth-order valence-electron chi connectivity index (χ4n) is 1.55. The van der Waals surface area contributed by atoms with Crippen LogP contribution in [0, 0.1) is 5.41 Å². The Morgan fingerprint density at radius 3 is 2.64 bits per heavy atom. The van der Waals surface area contributed by atoms with E-state index < -0.39 is 5.97 Å². The van der Waals surface area contributed by atoms with Crippen LogP contribution in [0.2, 0.25) is 0 Å². The third-order valence-electron chi connectivity index (χ3n) is 1.98. The molecule has 0 fully saturated rings. The zero-order valence-electron chi connectivity index (χ0n) is 8.72. The van der Waals surface area contributed by atoms with E-state index in [0.29, 0.717) is 18.5 Å². The molecule has 4 heteroatoms. The van der Waals surface area contributed by atoms with Gasteiger partial charge in [0.05, 0.1) is 5.70 Å². The molecular weight excluding hydrogens is 182 g/mol. The SMILES string of the molecule is CC(=O)ONC1=CC(=O)CC(C)(C)C1. The summed E-state index contributed by atoms with van der Waals surface area (Å²) in [6, 6.07) is 0. The van der Waals surface area contributed by atoms with E-state index in [2.05, 4.69) is 10.3 Å². The van der Waals surface area contributed by atoms with Crippen LogP contribution >= 0.6 is 0 Å². The van der Waals surface area contributed by atoms with Gasteiger partial charge in [0.25, 0.3) is 0 Å². The van der Waals surface area contributed by atoms with Crippen LogP contribution in [0.25, 0.3) is 0 Å². The molecule has 0 aromatic rings. The van der Waals surface area contributed by atoms with Crippen molar-refractivity contribution in [3.8, 4) is 0 Å². The van der Waals surface area contributed by atoms with Gasteiger partial charge in [-0.05, 0) is 11.8 Å². The molecule has 0 aromatic carbocycles. The van der Waals surface area contributed by atoms with Gasteiger partial charge in [0.1, 0.15) is 0 Å². The Morgan fingerprint density at radius 2 is 2.14 bits per heavy atom. The van der Waals surface area contributed by atoms with Crippen molar-refractivity contribution in [2.45, 2.75) is 33.6 Å². The molecule has 0 atom stereocenters. The summed E-state index contributed by atoms with van der Waals surface area (Å²) >= 11 is 0. The van der Waals surface area contributed by atoms with Crippen LogP contribution in [0.5, 0.6) is 0 Å². The van der Waals surface area contributed by atoms with Crippen molar-refractivity contribution in [3.63, 3.8) is 0 Å². The van der Waals surface area contributed by atoms with E-state index in [1.54, 1.807) is 0 Å². The topological polar surface area (TPSA) is 55.4 Å². The van der Waals surface area contributed by atoms with Gasteiger partial charge in [-0.25, -0.2) is 5.48 Å². The van der Waals surface area contributed by atoms with E-state index >= 15 is 0 Å². The Bertz CT molecular complexity index is 292. The number of nitrogens with one attached hydrogen (secondary N) is 1. The first-order valence-electron chi connectivity index (χ1n) is 4.56. The molecule has 0 bridgehead atoms. The summed E-state index contributed by atoms with van der Waals surface area (Å²) in [6.45, 7) is 5.32.